The van der Waals surface area contributed by atoms with Crippen LogP contribution in [0.4, 0.5) is 0 Å². The van der Waals surface area contributed by atoms with Crippen LogP contribution in [-0.4, -0.2) is 13.2 Å². The molecule has 0 radical (unpaired) electrons. The number of nitrogens with zero attached hydrogens (tertiary/aromatic N) is 1. The molecule has 0 rings (SSSR count). The molecule has 2 heteroatoms. The highest BCUT2D eigenvalue weighted by atomic mass is 16.5. The van der Waals surface area contributed by atoms with Crippen LogP contribution in [0, 0.1) is 17.2 Å². The summed E-state index contributed by atoms with van der Waals surface area (Å²) in [6.45, 7) is 5.54. The maximum absolute atomic E-state index is 8.48. The summed E-state index contributed by atoms with van der Waals surface area (Å²) in [6, 6.07) is 2.18. The van der Waals surface area contributed by atoms with Crippen LogP contribution < -0.4 is 0 Å². The lowest BCUT2D eigenvalue weighted by Gasteiger charge is -2.10. The van der Waals surface area contributed by atoms with Crippen molar-refractivity contribution in [2.24, 2.45) is 5.92 Å². The molecule has 2 nitrogen and oxygen atoms in total. The molecule has 0 spiro atoms. The minimum atomic E-state index is 0.103. The van der Waals surface area contributed by atoms with E-state index in [1.54, 1.807) is 13.2 Å². The molecule has 62 valence electrons. The Morgan fingerprint density at radius 3 is 2.64 bits per heavy atom. The van der Waals surface area contributed by atoms with Gasteiger partial charge in [0.2, 0.25) is 0 Å². The van der Waals surface area contributed by atoms with Crippen molar-refractivity contribution in [2.75, 3.05) is 7.11 Å². The number of ether oxygens (including phenoxy) is 1. The van der Waals surface area contributed by atoms with E-state index in [1.165, 1.54) is 0 Å². The van der Waals surface area contributed by atoms with E-state index in [0.29, 0.717) is 0 Å². The number of methoxy groups -OCH3 is 1. The summed E-state index contributed by atoms with van der Waals surface area (Å²) >= 11 is 0. The van der Waals surface area contributed by atoms with Crippen molar-refractivity contribution in [3.8, 4) is 6.07 Å². The average Bonchev–Trinajstić information content (AvgIpc) is 2.06. The Morgan fingerprint density at radius 1 is 1.64 bits per heavy atom. The first kappa shape index (κ1) is 10.2. The molecule has 11 heavy (non-hydrogen) atoms. The lowest BCUT2D eigenvalue weighted by Crippen LogP contribution is -2.07. The molecule has 0 saturated heterocycles. The van der Waals surface area contributed by atoms with Crippen LogP contribution in [0.3, 0.4) is 0 Å². The summed E-state index contributed by atoms with van der Waals surface area (Å²) in [4.78, 5) is 0. The Labute approximate surface area is 68.5 Å². The lowest BCUT2D eigenvalue weighted by atomic mass is 10.0. The van der Waals surface area contributed by atoms with Gasteiger partial charge in [0.05, 0.1) is 12.2 Å². The highest BCUT2D eigenvalue weighted by Gasteiger charge is 2.04. The second-order valence-electron chi connectivity index (χ2n) is 2.62. The molecular formula is C9H15NO. The number of hydrogen-bond acceptors (Lipinski definition) is 2. The minimum Gasteiger partial charge on any atom is -0.377 e. The highest BCUT2D eigenvalue weighted by Crippen LogP contribution is 2.09. The van der Waals surface area contributed by atoms with Crippen LogP contribution in [0.25, 0.3) is 0 Å². The molecule has 0 amide bonds. The molecule has 0 saturated carbocycles. The van der Waals surface area contributed by atoms with E-state index in [0.717, 1.165) is 12.8 Å². The maximum atomic E-state index is 8.48. The summed E-state index contributed by atoms with van der Waals surface area (Å²) in [6.07, 6.45) is 3.63. The van der Waals surface area contributed by atoms with Crippen LogP contribution >= 0.6 is 0 Å². The molecule has 2 atom stereocenters. The van der Waals surface area contributed by atoms with E-state index in [-0.39, 0.29) is 12.0 Å². The Morgan fingerprint density at radius 2 is 2.27 bits per heavy atom. The van der Waals surface area contributed by atoms with Crippen LogP contribution in [-0.2, 0) is 4.74 Å². The van der Waals surface area contributed by atoms with Crippen molar-refractivity contribution >= 4 is 0 Å². The van der Waals surface area contributed by atoms with Crippen LogP contribution in [0.5, 0.6) is 0 Å². The predicted molar refractivity (Wildman–Crippen MR) is 45.0 cm³/mol. The average molecular weight is 153 g/mol. The zero-order valence-electron chi connectivity index (χ0n) is 7.21. The van der Waals surface area contributed by atoms with Gasteiger partial charge in [0.25, 0.3) is 0 Å². The van der Waals surface area contributed by atoms with E-state index >= 15 is 0 Å². The SMILES string of the molecule is C=CC(CCC(C)C#N)OC. The van der Waals surface area contributed by atoms with Gasteiger partial charge < -0.3 is 4.74 Å². The third-order valence-electron chi connectivity index (χ3n) is 1.67. The molecule has 0 aliphatic heterocycles. The van der Waals surface area contributed by atoms with Gasteiger partial charge in [-0.1, -0.05) is 6.08 Å². The third kappa shape index (κ3) is 4.58. The number of hydrogen-bond donors (Lipinski definition) is 0. The van der Waals surface area contributed by atoms with Gasteiger partial charge in [-0.2, -0.15) is 5.26 Å². The van der Waals surface area contributed by atoms with E-state index in [1.807, 2.05) is 6.92 Å². The van der Waals surface area contributed by atoms with Crippen molar-refractivity contribution in [1.82, 2.24) is 0 Å². The van der Waals surface area contributed by atoms with Gasteiger partial charge in [-0.25, -0.2) is 0 Å². The highest BCUT2D eigenvalue weighted by molar-refractivity contribution is 4.84. The second kappa shape index (κ2) is 5.94. The van der Waals surface area contributed by atoms with Gasteiger partial charge in [-0.3, -0.25) is 0 Å². The molecule has 0 aliphatic carbocycles. The van der Waals surface area contributed by atoms with Crippen LogP contribution in [0.15, 0.2) is 12.7 Å². The summed E-state index contributed by atoms with van der Waals surface area (Å²) in [7, 11) is 1.66. The molecule has 0 aliphatic rings. The summed E-state index contributed by atoms with van der Waals surface area (Å²) in [5.74, 6) is 0.118. The van der Waals surface area contributed by atoms with Crippen molar-refractivity contribution in [1.29, 1.82) is 5.26 Å². The summed E-state index contributed by atoms with van der Waals surface area (Å²) in [5.41, 5.74) is 0. The molecule has 0 heterocycles. The molecule has 0 aromatic heterocycles. The zero-order valence-corrected chi connectivity index (χ0v) is 7.21. The molecule has 0 aromatic carbocycles. The van der Waals surface area contributed by atoms with E-state index in [2.05, 4.69) is 12.6 Å². The first-order valence-electron chi connectivity index (χ1n) is 3.79. The second-order valence-corrected chi connectivity index (χ2v) is 2.62. The molecule has 0 N–H and O–H groups in total. The minimum absolute atomic E-state index is 0.103. The Balaban J connectivity index is 3.52. The van der Waals surface area contributed by atoms with Gasteiger partial charge in [0, 0.05) is 13.0 Å². The van der Waals surface area contributed by atoms with Gasteiger partial charge in [-0.15, -0.1) is 6.58 Å². The van der Waals surface area contributed by atoms with Crippen molar-refractivity contribution < 1.29 is 4.74 Å². The molecular weight excluding hydrogens is 138 g/mol. The molecule has 0 fully saturated rings. The molecule has 2 unspecified atom stereocenters. The fraction of sp³-hybridized carbons (Fsp3) is 0.667. The van der Waals surface area contributed by atoms with Crippen LogP contribution in [0.1, 0.15) is 19.8 Å². The van der Waals surface area contributed by atoms with Gasteiger partial charge in [0.15, 0.2) is 0 Å². The fourth-order valence-electron chi connectivity index (χ4n) is 0.811. The van der Waals surface area contributed by atoms with E-state index < -0.39 is 0 Å². The van der Waals surface area contributed by atoms with Crippen molar-refractivity contribution in [3.63, 3.8) is 0 Å². The quantitative estimate of drug-likeness (QED) is 0.567. The molecule has 0 aromatic rings. The van der Waals surface area contributed by atoms with Gasteiger partial charge >= 0.3 is 0 Å². The number of nitriles is 1. The van der Waals surface area contributed by atoms with Crippen molar-refractivity contribution in [3.05, 3.63) is 12.7 Å². The maximum Gasteiger partial charge on any atom is 0.0749 e. The number of rotatable bonds is 5. The van der Waals surface area contributed by atoms with Gasteiger partial charge in [-0.05, 0) is 19.8 Å². The van der Waals surface area contributed by atoms with Crippen molar-refractivity contribution in [2.45, 2.75) is 25.9 Å². The summed E-state index contributed by atoms with van der Waals surface area (Å²) in [5, 5.41) is 8.48. The smallest absolute Gasteiger partial charge is 0.0749 e. The lowest BCUT2D eigenvalue weighted by molar-refractivity contribution is 0.129. The third-order valence-corrected chi connectivity index (χ3v) is 1.67. The first-order valence-corrected chi connectivity index (χ1v) is 3.79. The Kier molecular flexibility index (Phi) is 5.50. The fourth-order valence-corrected chi connectivity index (χ4v) is 0.811. The van der Waals surface area contributed by atoms with E-state index in [9.17, 15) is 0 Å². The predicted octanol–water partition coefficient (Wildman–Crippen LogP) is 2.13. The summed E-state index contributed by atoms with van der Waals surface area (Å²) < 4.78 is 5.07. The van der Waals surface area contributed by atoms with Crippen LogP contribution in [0.2, 0.25) is 0 Å². The first-order chi connectivity index (χ1) is 5.24. The topological polar surface area (TPSA) is 33.0 Å². The Hall–Kier alpha value is -0.810. The monoisotopic (exact) mass is 153 g/mol. The largest absolute Gasteiger partial charge is 0.377 e. The molecule has 0 bridgehead atoms. The zero-order chi connectivity index (χ0) is 8.69. The standard InChI is InChI=1S/C9H15NO/c1-4-9(11-3)6-5-8(2)7-10/h4,8-9H,1,5-6H2,2-3H3. The van der Waals surface area contributed by atoms with Gasteiger partial charge in [0.1, 0.15) is 0 Å². The normalized spacial score (nSPS) is 15.0. The Bertz CT molecular complexity index is 148. The van der Waals surface area contributed by atoms with E-state index in [4.69, 9.17) is 10.00 Å².